The SMILES string of the molecule is C.CB(O)NCC1CN(c2ccc(B(O)O)c(F)c2)C(=O)O1.CC(=O)c1cn(C2CC2)c2cc(OS(=O)(=O)C(F)(F)F)c(F)cc2c1=O.CCC1CN(c2ccc(-c3cc4c(cc3F)c(=O)c(C(C)=O)cn4C3CC3)c(F)c2)C(=O)O1. The van der Waals surface area contributed by atoms with Crippen LogP contribution in [0.5, 0.6) is 5.75 Å². The van der Waals surface area contributed by atoms with E-state index in [1.807, 2.05) is 11.5 Å². The molecule has 81 heavy (non-hydrogen) atoms. The number of hydrogen-bond acceptors (Lipinski definition) is 15. The lowest BCUT2D eigenvalue weighted by Gasteiger charge is -2.16. The van der Waals surface area contributed by atoms with Crippen molar-refractivity contribution >= 4 is 86.7 Å². The van der Waals surface area contributed by atoms with Gasteiger partial charge in [0.1, 0.15) is 29.7 Å². The molecule has 10 rings (SSSR count). The van der Waals surface area contributed by atoms with Gasteiger partial charge in [0.05, 0.1) is 46.6 Å². The number of anilines is 2. The Labute approximate surface area is 457 Å². The first-order valence-corrected chi connectivity index (χ1v) is 26.1. The molecule has 4 N–H and O–H groups in total. The Morgan fingerprint density at radius 1 is 0.691 bits per heavy atom. The van der Waals surface area contributed by atoms with Crippen LogP contribution in [0.4, 0.5) is 51.7 Å². The summed E-state index contributed by atoms with van der Waals surface area (Å²) in [5.41, 5.74) is -6.45. The van der Waals surface area contributed by atoms with E-state index in [0.29, 0.717) is 43.1 Å². The number of benzene rings is 4. The molecule has 6 aromatic rings. The van der Waals surface area contributed by atoms with Crippen LogP contribution in [-0.4, -0.2) is 108 Å². The van der Waals surface area contributed by atoms with E-state index in [1.165, 1.54) is 64.0 Å². The number of aromatic nitrogens is 2. The van der Waals surface area contributed by atoms with Gasteiger partial charge in [-0.1, -0.05) is 20.4 Å². The van der Waals surface area contributed by atoms with Gasteiger partial charge in [0.2, 0.25) is 0 Å². The molecule has 29 heteroatoms. The van der Waals surface area contributed by atoms with Crippen molar-refractivity contribution in [2.45, 2.75) is 96.9 Å². The number of fused-ring (bicyclic) bond motifs is 2. The van der Waals surface area contributed by atoms with Gasteiger partial charge in [-0.15, -0.1) is 0 Å². The number of ether oxygens (including phenoxy) is 2. The zero-order valence-corrected chi connectivity index (χ0v) is 43.5. The molecule has 0 radical (unpaired) electrons. The molecule has 2 aliphatic heterocycles. The Balaban J connectivity index is 0.000000179. The lowest BCUT2D eigenvalue weighted by atomic mass is 9.80. The summed E-state index contributed by atoms with van der Waals surface area (Å²) in [7, 11) is -8.70. The van der Waals surface area contributed by atoms with Crippen molar-refractivity contribution in [1.82, 2.24) is 14.4 Å². The first kappa shape index (κ1) is 61.0. The summed E-state index contributed by atoms with van der Waals surface area (Å²) in [6.45, 7) is 6.71. The van der Waals surface area contributed by atoms with Gasteiger partial charge in [0.25, 0.3) is 0 Å². The van der Waals surface area contributed by atoms with Crippen molar-refractivity contribution < 1.29 is 87.1 Å². The van der Waals surface area contributed by atoms with E-state index < -0.39 is 93.7 Å². The molecule has 2 atom stereocenters. The van der Waals surface area contributed by atoms with Gasteiger partial charge in [0, 0.05) is 64.5 Å². The normalized spacial score (nSPS) is 16.9. The minimum Gasteiger partial charge on any atom is -0.444 e. The fraction of sp³-hybridized carbons (Fsp3) is 0.346. The lowest BCUT2D eigenvalue weighted by Crippen LogP contribution is -2.38. The van der Waals surface area contributed by atoms with Crippen LogP contribution in [0, 0.1) is 23.3 Å². The summed E-state index contributed by atoms with van der Waals surface area (Å²) in [6.07, 6.45) is 4.68. The quantitative estimate of drug-likeness (QED) is 0.0275. The number of carbonyl (C=O) groups is 4. The van der Waals surface area contributed by atoms with Crippen molar-refractivity contribution in [1.29, 1.82) is 0 Å². The van der Waals surface area contributed by atoms with Crippen molar-refractivity contribution in [2.24, 2.45) is 0 Å². The van der Waals surface area contributed by atoms with Gasteiger partial charge < -0.3 is 43.1 Å². The smallest absolute Gasteiger partial charge is 0.444 e. The van der Waals surface area contributed by atoms with Crippen molar-refractivity contribution in [3.8, 4) is 16.9 Å². The van der Waals surface area contributed by atoms with Crippen LogP contribution in [0.1, 0.15) is 93.1 Å². The van der Waals surface area contributed by atoms with Gasteiger partial charge in [-0.25, -0.2) is 27.2 Å². The highest BCUT2D eigenvalue weighted by Crippen LogP contribution is 2.41. The number of halogens is 7. The summed E-state index contributed by atoms with van der Waals surface area (Å²) in [5.74, 6) is -5.86. The van der Waals surface area contributed by atoms with E-state index in [1.54, 1.807) is 12.9 Å². The number of amides is 2. The average Bonchev–Trinajstić information content (AvgIpc) is 4.38. The van der Waals surface area contributed by atoms with Gasteiger partial charge in [-0.05, 0) is 101 Å². The number of carbonyl (C=O) groups excluding carboxylic acids is 4. The van der Waals surface area contributed by atoms with E-state index in [0.717, 1.165) is 38.0 Å². The first-order valence-electron chi connectivity index (χ1n) is 24.7. The van der Waals surface area contributed by atoms with Gasteiger partial charge >= 0.3 is 42.0 Å². The summed E-state index contributed by atoms with van der Waals surface area (Å²) >= 11 is 0. The average molecular weight is 1160 g/mol. The summed E-state index contributed by atoms with van der Waals surface area (Å²) in [5, 5.41) is 29.6. The van der Waals surface area contributed by atoms with Crippen molar-refractivity contribution in [3.63, 3.8) is 0 Å². The van der Waals surface area contributed by atoms with Crippen molar-refractivity contribution in [3.05, 3.63) is 128 Å². The lowest BCUT2D eigenvalue weighted by molar-refractivity contribution is -0.0501. The summed E-state index contributed by atoms with van der Waals surface area (Å²) in [4.78, 5) is 75.1. The molecule has 2 aliphatic carbocycles. The zero-order valence-electron chi connectivity index (χ0n) is 42.7. The van der Waals surface area contributed by atoms with Crippen LogP contribution >= 0.6 is 0 Å². The fourth-order valence-electron chi connectivity index (χ4n) is 8.84. The van der Waals surface area contributed by atoms with E-state index in [4.69, 9.17) is 24.5 Å². The minimum atomic E-state index is -6.07. The zero-order chi connectivity index (χ0) is 58.4. The third-order valence-corrected chi connectivity index (χ3v) is 14.3. The maximum Gasteiger partial charge on any atom is 0.534 e. The molecule has 0 spiro atoms. The van der Waals surface area contributed by atoms with E-state index in [-0.39, 0.29) is 94.2 Å². The van der Waals surface area contributed by atoms with Crippen LogP contribution in [0.3, 0.4) is 0 Å². The number of alkyl halides is 3. The molecular weight excluding hydrogens is 1110 g/mol. The molecule has 2 unspecified atom stereocenters. The third kappa shape index (κ3) is 13.1. The molecule has 4 aromatic carbocycles. The highest BCUT2D eigenvalue weighted by Gasteiger charge is 2.49. The maximum absolute atomic E-state index is 15.1. The van der Waals surface area contributed by atoms with Crippen LogP contribution in [-0.2, 0) is 19.6 Å². The second-order valence-corrected chi connectivity index (χ2v) is 20.8. The number of rotatable bonds is 14. The van der Waals surface area contributed by atoms with Crippen LogP contribution in [0.15, 0.2) is 82.6 Å². The van der Waals surface area contributed by atoms with Crippen LogP contribution in [0.25, 0.3) is 32.9 Å². The van der Waals surface area contributed by atoms with Gasteiger partial charge in [-0.2, -0.15) is 21.6 Å². The Bertz CT molecular complexity index is 3730. The fourth-order valence-corrected chi connectivity index (χ4v) is 9.29. The van der Waals surface area contributed by atoms with E-state index in [2.05, 4.69) is 9.41 Å². The number of Topliss-reactive ketones (excluding diaryl/α,β-unsaturated/α-hetero) is 2. The highest BCUT2D eigenvalue weighted by molar-refractivity contribution is 7.88. The van der Waals surface area contributed by atoms with Gasteiger partial charge in [0.15, 0.2) is 34.0 Å². The maximum atomic E-state index is 15.1. The molecule has 430 valence electrons. The molecule has 2 aromatic heterocycles. The molecule has 4 heterocycles. The highest BCUT2D eigenvalue weighted by atomic mass is 32.2. The number of ketones is 2. The molecule has 2 saturated carbocycles. The molecule has 2 amide bonds. The number of cyclic esters (lactones) is 2. The largest absolute Gasteiger partial charge is 0.534 e. The summed E-state index contributed by atoms with van der Waals surface area (Å²) in [6, 6.07) is 11.6. The van der Waals surface area contributed by atoms with E-state index in [9.17, 15) is 59.1 Å². The van der Waals surface area contributed by atoms with Crippen molar-refractivity contribution in [2.75, 3.05) is 29.4 Å². The molecule has 2 saturated heterocycles. The predicted molar refractivity (Wildman–Crippen MR) is 284 cm³/mol. The number of pyridine rings is 2. The Morgan fingerprint density at radius 3 is 1.60 bits per heavy atom. The monoisotopic (exact) mass is 1160 g/mol. The topological polar surface area (TPSA) is 253 Å². The van der Waals surface area contributed by atoms with E-state index >= 15 is 8.78 Å². The molecule has 19 nitrogen and oxygen atoms in total. The van der Waals surface area contributed by atoms with Gasteiger partial charge in [-0.3, -0.25) is 29.0 Å². The molecule has 4 aliphatic rings. The second-order valence-electron chi connectivity index (χ2n) is 19.2. The second kappa shape index (κ2) is 23.9. The Hall–Kier alpha value is -7.59. The third-order valence-electron chi connectivity index (χ3n) is 13.3. The predicted octanol–water partition coefficient (Wildman–Crippen LogP) is 7.29. The summed E-state index contributed by atoms with van der Waals surface area (Å²) < 4.78 is 135. The molecule has 0 bridgehead atoms. The Morgan fingerprint density at radius 2 is 1.16 bits per heavy atom. The number of nitrogens with zero attached hydrogens (tertiary/aromatic N) is 4. The Kier molecular flexibility index (Phi) is 18.0. The number of nitrogens with one attached hydrogen (secondary N) is 1. The molecule has 4 fully saturated rings. The molecular formula is C52H52B2F7N5O14S. The first-order chi connectivity index (χ1) is 37.6. The standard InChI is InChI=1S/C25H22F2N2O4.C15H11F4NO5S.C11H15B2FN2O5.CH4/c1-3-16-11-29(25(32)33-16)15-6-7-17(21(26)8-15)18-10-23-19(9-22(18)27)24(31)20(13(2)30)12-28(23)14-4-5-14;1-7(21)10-6-20(8-2-3-8)12-5-13(11(16)4-9(12)14(10)22)25-26(23,24)15(17,18)19;1-12(18)15-5-8-6-16(11(17)21-8)7-2-3-9(13(19)20)10(14)4-7;/h6-10,12,14,16H,3-5,11H2,1-2H3;4-6,8H,2-3H2,1H3;2-4,8,15,18-20H,5-6H2,1H3;1H4. The van der Waals surface area contributed by atoms with Crippen LogP contribution < -0.4 is 35.5 Å². The number of hydrogen-bond donors (Lipinski definition) is 4. The van der Waals surface area contributed by atoms with Crippen LogP contribution in [0.2, 0.25) is 6.82 Å². The minimum absolute atomic E-state index is 0.